The minimum absolute atomic E-state index is 0.0681. The molecule has 2 heterocycles. The fraction of sp³-hybridized carbons (Fsp3) is 0.333. The van der Waals surface area contributed by atoms with Crippen molar-refractivity contribution in [3.05, 3.63) is 64.8 Å². The molecule has 0 spiro atoms. The average molecular weight is 470 g/mol. The van der Waals surface area contributed by atoms with Crippen LogP contribution in [0.15, 0.2) is 42.9 Å². The van der Waals surface area contributed by atoms with Gasteiger partial charge in [-0.25, -0.2) is 14.4 Å². The van der Waals surface area contributed by atoms with Crippen LogP contribution in [-0.4, -0.2) is 38.1 Å². The van der Waals surface area contributed by atoms with Crippen molar-refractivity contribution < 1.29 is 14.3 Å². The molecule has 33 heavy (non-hydrogen) atoms. The molecule has 1 aliphatic rings. The van der Waals surface area contributed by atoms with E-state index in [1.165, 1.54) is 24.4 Å². The standard InChI is InChI=1S/C24H25ClFN5O2/c1-13(2)16-12-28-22(15-10-14(25)6-7-18(15)26)31-23(16)29-19-8-9-27-11-17(19)24(33)30-20-4-3-5-21(20)32/h6-13,20-21,32H,3-5H2,1-2H3,(H,30,33)(H,27,28,29,31)/t20-,21-/m0/s1. The molecule has 0 saturated heterocycles. The lowest BCUT2D eigenvalue weighted by atomic mass is 10.1. The zero-order valence-corrected chi connectivity index (χ0v) is 19.1. The molecule has 0 unspecified atom stereocenters. The summed E-state index contributed by atoms with van der Waals surface area (Å²) in [5.74, 6) is -0.121. The van der Waals surface area contributed by atoms with Gasteiger partial charge in [-0.3, -0.25) is 9.78 Å². The quantitative estimate of drug-likeness (QED) is 0.477. The Morgan fingerprint density at radius 3 is 2.79 bits per heavy atom. The Morgan fingerprint density at radius 2 is 2.06 bits per heavy atom. The lowest BCUT2D eigenvalue weighted by molar-refractivity contribution is 0.0873. The Bertz CT molecular complexity index is 1170. The molecule has 3 N–H and O–H groups in total. The number of hydrogen-bond acceptors (Lipinski definition) is 6. The molecule has 1 fully saturated rings. The van der Waals surface area contributed by atoms with E-state index in [9.17, 15) is 14.3 Å². The summed E-state index contributed by atoms with van der Waals surface area (Å²) in [4.78, 5) is 25.9. The normalized spacial score (nSPS) is 17.9. The summed E-state index contributed by atoms with van der Waals surface area (Å²) in [6.07, 6.45) is 6.39. The van der Waals surface area contributed by atoms with E-state index in [2.05, 4.69) is 25.6 Å². The smallest absolute Gasteiger partial charge is 0.255 e. The zero-order valence-electron chi connectivity index (χ0n) is 18.3. The second-order valence-electron chi connectivity index (χ2n) is 8.40. The van der Waals surface area contributed by atoms with Crippen LogP contribution in [0.3, 0.4) is 0 Å². The average Bonchev–Trinajstić information content (AvgIpc) is 3.19. The van der Waals surface area contributed by atoms with Gasteiger partial charge in [-0.1, -0.05) is 25.4 Å². The number of benzene rings is 1. The molecular weight excluding hydrogens is 445 g/mol. The molecule has 1 saturated carbocycles. The maximum absolute atomic E-state index is 14.4. The fourth-order valence-electron chi connectivity index (χ4n) is 3.88. The summed E-state index contributed by atoms with van der Waals surface area (Å²) in [5, 5.41) is 16.5. The van der Waals surface area contributed by atoms with Crippen molar-refractivity contribution in [2.75, 3.05) is 5.32 Å². The minimum atomic E-state index is -0.549. The van der Waals surface area contributed by atoms with Crippen LogP contribution in [0, 0.1) is 5.82 Å². The molecule has 1 aliphatic carbocycles. The molecular formula is C24H25ClFN5O2. The van der Waals surface area contributed by atoms with E-state index in [0.29, 0.717) is 28.5 Å². The second-order valence-corrected chi connectivity index (χ2v) is 8.84. The first-order valence-corrected chi connectivity index (χ1v) is 11.2. The first-order chi connectivity index (χ1) is 15.8. The number of nitrogens with zero attached hydrogens (tertiary/aromatic N) is 3. The highest BCUT2D eigenvalue weighted by molar-refractivity contribution is 6.30. The molecule has 4 rings (SSSR count). The van der Waals surface area contributed by atoms with Crippen LogP contribution in [0.5, 0.6) is 0 Å². The number of halogens is 2. The number of carbonyl (C=O) groups excluding carboxylic acids is 1. The van der Waals surface area contributed by atoms with Crippen LogP contribution in [-0.2, 0) is 0 Å². The number of aromatic nitrogens is 3. The highest BCUT2D eigenvalue weighted by Gasteiger charge is 2.28. The summed E-state index contributed by atoms with van der Waals surface area (Å²) >= 11 is 6.05. The molecule has 0 bridgehead atoms. The Kier molecular flexibility index (Phi) is 6.85. The van der Waals surface area contributed by atoms with E-state index in [1.54, 1.807) is 18.5 Å². The number of hydrogen-bond donors (Lipinski definition) is 3. The number of anilines is 2. The number of carbonyl (C=O) groups is 1. The van der Waals surface area contributed by atoms with Crippen molar-refractivity contribution in [3.8, 4) is 11.4 Å². The first-order valence-electron chi connectivity index (χ1n) is 10.9. The predicted molar refractivity (Wildman–Crippen MR) is 125 cm³/mol. The number of amides is 1. The van der Waals surface area contributed by atoms with Crippen LogP contribution >= 0.6 is 11.6 Å². The molecule has 7 nitrogen and oxygen atoms in total. The van der Waals surface area contributed by atoms with Gasteiger partial charge in [0, 0.05) is 29.2 Å². The van der Waals surface area contributed by atoms with E-state index in [4.69, 9.17) is 11.6 Å². The summed E-state index contributed by atoms with van der Waals surface area (Å²) in [6, 6.07) is 5.60. The number of aliphatic hydroxyl groups excluding tert-OH is 1. The fourth-order valence-corrected chi connectivity index (χ4v) is 4.05. The van der Waals surface area contributed by atoms with Crippen molar-refractivity contribution >= 4 is 29.0 Å². The molecule has 172 valence electrons. The van der Waals surface area contributed by atoms with Crippen molar-refractivity contribution in [1.82, 2.24) is 20.3 Å². The maximum Gasteiger partial charge on any atom is 0.255 e. The van der Waals surface area contributed by atoms with Gasteiger partial charge in [0.15, 0.2) is 5.82 Å². The van der Waals surface area contributed by atoms with Gasteiger partial charge in [0.1, 0.15) is 11.6 Å². The monoisotopic (exact) mass is 469 g/mol. The predicted octanol–water partition coefficient (Wildman–Crippen LogP) is 4.84. The summed E-state index contributed by atoms with van der Waals surface area (Å²) in [7, 11) is 0. The second kappa shape index (κ2) is 9.80. The number of pyridine rings is 1. The number of nitrogens with one attached hydrogen (secondary N) is 2. The van der Waals surface area contributed by atoms with Gasteiger partial charge in [0.25, 0.3) is 5.91 Å². The third-order valence-electron chi connectivity index (χ3n) is 5.72. The van der Waals surface area contributed by atoms with Gasteiger partial charge in [-0.2, -0.15) is 0 Å². The van der Waals surface area contributed by atoms with Crippen LogP contribution in [0.4, 0.5) is 15.9 Å². The third-order valence-corrected chi connectivity index (χ3v) is 5.96. The van der Waals surface area contributed by atoms with Crippen molar-refractivity contribution in [2.45, 2.75) is 51.2 Å². The van der Waals surface area contributed by atoms with Crippen molar-refractivity contribution in [3.63, 3.8) is 0 Å². The highest BCUT2D eigenvalue weighted by Crippen LogP contribution is 2.30. The van der Waals surface area contributed by atoms with Gasteiger partial charge < -0.3 is 15.7 Å². The van der Waals surface area contributed by atoms with Gasteiger partial charge in [0.2, 0.25) is 0 Å². The molecule has 2 aromatic heterocycles. The molecule has 1 aromatic carbocycles. The van der Waals surface area contributed by atoms with E-state index in [-0.39, 0.29) is 29.3 Å². The van der Waals surface area contributed by atoms with Gasteiger partial charge >= 0.3 is 0 Å². The molecule has 1 amide bonds. The summed E-state index contributed by atoms with van der Waals surface area (Å²) in [5.41, 5.74) is 1.80. The number of aliphatic hydroxyl groups is 1. The van der Waals surface area contributed by atoms with Gasteiger partial charge in [-0.15, -0.1) is 0 Å². The van der Waals surface area contributed by atoms with E-state index in [0.717, 1.165) is 18.4 Å². The van der Waals surface area contributed by atoms with E-state index in [1.807, 2.05) is 13.8 Å². The Hall–Kier alpha value is -3.10. The lowest BCUT2D eigenvalue weighted by Gasteiger charge is -2.19. The van der Waals surface area contributed by atoms with Crippen LogP contribution < -0.4 is 10.6 Å². The Morgan fingerprint density at radius 1 is 1.24 bits per heavy atom. The van der Waals surface area contributed by atoms with Gasteiger partial charge in [0.05, 0.1) is 29.0 Å². The largest absolute Gasteiger partial charge is 0.391 e. The lowest BCUT2D eigenvalue weighted by Crippen LogP contribution is -2.40. The maximum atomic E-state index is 14.4. The molecule has 9 heteroatoms. The third kappa shape index (κ3) is 5.12. The SMILES string of the molecule is CC(C)c1cnc(-c2cc(Cl)ccc2F)nc1Nc1ccncc1C(=O)N[C@H]1CCC[C@@H]1O. The van der Waals surface area contributed by atoms with Crippen LogP contribution in [0.1, 0.15) is 54.9 Å². The van der Waals surface area contributed by atoms with Crippen molar-refractivity contribution in [1.29, 1.82) is 0 Å². The molecule has 0 radical (unpaired) electrons. The Balaban J connectivity index is 1.68. The minimum Gasteiger partial charge on any atom is -0.391 e. The molecule has 0 aliphatic heterocycles. The van der Waals surface area contributed by atoms with E-state index < -0.39 is 11.9 Å². The van der Waals surface area contributed by atoms with Gasteiger partial charge in [-0.05, 0) is 49.4 Å². The van der Waals surface area contributed by atoms with Crippen molar-refractivity contribution in [2.24, 2.45) is 0 Å². The van der Waals surface area contributed by atoms with E-state index >= 15 is 0 Å². The molecule has 2 atom stereocenters. The van der Waals surface area contributed by atoms with Crippen LogP contribution in [0.2, 0.25) is 5.02 Å². The zero-order chi connectivity index (χ0) is 23.5. The van der Waals surface area contributed by atoms with Crippen LogP contribution in [0.25, 0.3) is 11.4 Å². The summed E-state index contributed by atoms with van der Waals surface area (Å²) < 4.78 is 14.4. The summed E-state index contributed by atoms with van der Waals surface area (Å²) in [6.45, 7) is 3.98. The molecule has 3 aromatic rings. The topological polar surface area (TPSA) is 100 Å². The highest BCUT2D eigenvalue weighted by atomic mass is 35.5. The number of rotatable bonds is 6. The Labute approximate surface area is 196 Å². The first kappa shape index (κ1) is 23.1.